The molecule has 4 nitrogen and oxygen atoms in total. The molecule has 1 N–H and O–H groups in total. The summed E-state index contributed by atoms with van der Waals surface area (Å²) in [6, 6.07) is 5.31. The highest BCUT2D eigenvalue weighted by Gasteiger charge is 2.17. The van der Waals surface area contributed by atoms with Gasteiger partial charge >= 0.3 is 0 Å². The molecule has 0 aliphatic heterocycles. The molecule has 18 heavy (non-hydrogen) atoms. The Balaban J connectivity index is 2.26. The average molecular weight is 358 g/mol. The summed E-state index contributed by atoms with van der Waals surface area (Å²) in [4.78, 5) is 4.35. The molecule has 1 aromatic heterocycles. The minimum absolute atomic E-state index is 0.120. The zero-order chi connectivity index (χ0) is 13.3. The Morgan fingerprint density at radius 3 is 2.67 bits per heavy atom. The monoisotopic (exact) mass is 358 g/mol. The Bertz CT molecular complexity index is 558. The third-order valence-corrected chi connectivity index (χ3v) is 3.26. The Kier molecular flexibility index (Phi) is 3.61. The van der Waals surface area contributed by atoms with Gasteiger partial charge in [-0.15, -0.1) is 0 Å². The van der Waals surface area contributed by atoms with Crippen LogP contribution in [-0.4, -0.2) is 15.2 Å². The van der Waals surface area contributed by atoms with Crippen LogP contribution in [0.3, 0.4) is 0 Å². The van der Waals surface area contributed by atoms with Crippen molar-refractivity contribution in [3.8, 4) is 17.2 Å². The van der Waals surface area contributed by atoms with Crippen LogP contribution >= 0.6 is 22.6 Å². The van der Waals surface area contributed by atoms with E-state index in [-0.39, 0.29) is 11.2 Å². The van der Waals surface area contributed by atoms with Gasteiger partial charge in [0.15, 0.2) is 5.82 Å². The number of benzene rings is 1. The summed E-state index contributed by atoms with van der Waals surface area (Å²) in [7, 11) is 0. The van der Waals surface area contributed by atoms with Gasteiger partial charge in [-0.3, -0.25) is 0 Å². The maximum atomic E-state index is 9.66. The van der Waals surface area contributed by atoms with Crippen molar-refractivity contribution in [2.24, 2.45) is 5.41 Å². The van der Waals surface area contributed by atoms with Gasteiger partial charge in [0.25, 0.3) is 5.89 Å². The molecule has 0 aliphatic carbocycles. The van der Waals surface area contributed by atoms with Crippen LogP contribution in [0.2, 0.25) is 0 Å². The van der Waals surface area contributed by atoms with Gasteiger partial charge in [-0.2, -0.15) is 4.98 Å². The van der Waals surface area contributed by atoms with Crippen molar-refractivity contribution in [3.63, 3.8) is 0 Å². The third kappa shape index (κ3) is 3.22. The molecule has 5 heteroatoms. The molecule has 2 rings (SSSR count). The Morgan fingerprint density at radius 2 is 2.06 bits per heavy atom. The van der Waals surface area contributed by atoms with Crippen molar-refractivity contribution in [2.45, 2.75) is 27.2 Å². The van der Waals surface area contributed by atoms with Crippen molar-refractivity contribution < 1.29 is 9.63 Å². The zero-order valence-corrected chi connectivity index (χ0v) is 12.7. The van der Waals surface area contributed by atoms with Crippen LogP contribution in [0, 0.1) is 8.99 Å². The molecule has 0 aliphatic rings. The molecular weight excluding hydrogens is 343 g/mol. The number of hydrogen-bond acceptors (Lipinski definition) is 4. The Labute approximate surface area is 120 Å². The van der Waals surface area contributed by atoms with E-state index in [1.165, 1.54) is 0 Å². The molecule has 0 unspecified atom stereocenters. The molecule has 96 valence electrons. The van der Waals surface area contributed by atoms with Crippen LogP contribution in [0.5, 0.6) is 5.75 Å². The minimum atomic E-state index is 0.120. The lowest BCUT2D eigenvalue weighted by Crippen LogP contribution is -2.10. The second-order valence-corrected chi connectivity index (χ2v) is 6.58. The number of phenolic OH excluding ortho intramolecular Hbond substituents is 1. The SMILES string of the molecule is CC(C)(C)Cc1noc(-c2ccc(I)c(O)c2)n1. The second kappa shape index (κ2) is 4.87. The fourth-order valence-corrected chi connectivity index (χ4v) is 1.90. The lowest BCUT2D eigenvalue weighted by atomic mass is 9.92. The first kappa shape index (κ1) is 13.3. The Hall–Kier alpha value is -1.11. The highest BCUT2D eigenvalue weighted by Crippen LogP contribution is 2.27. The smallest absolute Gasteiger partial charge is 0.258 e. The Morgan fingerprint density at radius 1 is 1.33 bits per heavy atom. The molecule has 1 heterocycles. The molecule has 0 saturated heterocycles. The summed E-state index contributed by atoms with van der Waals surface area (Å²) in [5.41, 5.74) is 0.857. The van der Waals surface area contributed by atoms with Crippen LogP contribution in [0.4, 0.5) is 0 Å². The van der Waals surface area contributed by atoms with Crippen LogP contribution in [0.15, 0.2) is 22.7 Å². The number of hydrogen-bond donors (Lipinski definition) is 1. The van der Waals surface area contributed by atoms with E-state index in [0.717, 1.165) is 15.6 Å². The number of aromatic hydroxyl groups is 1. The number of nitrogens with zero attached hydrogens (tertiary/aromatic N) is 2. The van der Waals surface area contributed by atoms with E-state index < -0.39 is 0 Å². The van der Waals surface area contributed by atoms with E-state index in [1.807, 2.05) is 12.1 Å². The van der Waals surface area contributed by atoms with Crippen molar-refractivity contribution >= 4 is 22.6 Å². The molecule has 0 atom stereocenters. The standard InChI is InChI=1S/C13H15IN2O2/c1-13(2,3)7-11-15-12(18-16-11)8-4-5-9(14)10(17)6-8/h4-6,17H,7H2,1-3H3. The zero-order valence-electron chi connectivity index (χ0n) is 10.6. The van der Waals surface area contributed by atoms with E-state index >= 15 is 0 Å². The number of aromatic nitrogens is 2. The summed E-state index contributed by atoms with van der Waals surface area (Å²) < 4.78 is 6.01. The van der Waals surface area contributed by atoms with E-state index in [1.54, 1.807) is 6.07 Å². The number of phenols is 1. The van der Waals surface area contributed by atoms with Gasteiger partial charge in [-0.05, 0) is 46.2 Å². The summed E-state index contributed by atoms with van der Waals surface area (Å²) in [5.74, 6) is 1.36. The fraction of sp³-hybridized carbons (Fsp3) is 0.385. The first-order valence-corrected chi connectivity index (χ1v) is 6.74. The van der Waals surface area contributed by atoms with E-state index in [4.69, 9.17) is 4.52 Å². The molecule has 2 aromatic rings. The van der Waals surface area contributed by atoms with Gasteiger partial charge in [0.2, 0.25) is 0 Å². The lowest BCUT2D eigenvalue weighted by molar-refractivity contribution is 0.374. The van der Waals surface area contributed by atoms with E-state index in [9.17, 15) is 5.11 Å². The summed E-state index contributed by atoms with van der Waals surface area (Å²) >= 11 is 2.07. The molecular formula is C13H15IN2O2. The van der Waals surface area contributed by atoms with Gasteiger partial charge in [-0.25, -0.2) is 0 Å². The number of rotatable bonds is 2. The maximum Gasteiger partial charge on any atom is 0.258 e. The summed E-state index contributed by atoms with van der Waals surface area (Å²) in [6.07, 6.45) is 0.757. The normalized spacial score (nSPS) is 11.8. The highest BCUT2D eigenvalue weighted by atomic mass is 127. The van der Waals surface area contributed by atoms with Crippen LogP contribution in [-0.2, 0) is 6.42 Å². The quantitative estimate of drug-likeness (QED) is 0.833. The molecule has 0 spiro atoms. The van der Waals surface area contributed by atoms with Crippen molar-refractivity contribution in [1.82, 2.24) is 10.1 Å². The van der Waals surface area contributed by atoms with Gasteiger partial charge < -0.3 is 9.63 Å². The minimum Gasteiger partial charge on any atom is -0.507 e. The molecule has 0 bridgehead atoms. The topological polar surface area (TPSA) is 59.2 Å². The van der Waals surface area contributed by atoms with Crippen LogP contribution in [0.1, 0.15) is 26.6 Å². The largest absolute Gasteiger partial charge is 0.507 e. The van der Waals surface area contributed by atoms with E-state index in [2.05, 4.69) is 53.5 Å². The van der Waals surface area contributed by atoms with Crippen LogP contribution < -0.4 is 0 Å². The predicted octanol–water partition coefficient (Wildman–Crippen LogP) is 3.64. The first-order valence-electron chi connectivity index (χ1n) is 5.67. The fourth-order valence-electron chi connectivity index (χ4n) is 1.56. The highest BCUT2D eigenvalue weighted by molar-refractivity contribution is 14.1. The molecule has 1 aromatic carbocycles. The predicted molar refractivity (Wildman–Crippen MR) is 77.3 cm³/mol. The van der Waals surface area contributed by atoms with Crippen molar-refractivity contribution in [2.75, 3.05) is 0 Å². The lowest BCUT2D eigenvalue weighted by Gasteiger charge is -2.14. The van der Waals surface area contributed by atoms with Gasteiger partial charge in [-0.1, -0.05) is 25.9 Å². The molecule has 0 amide bonds. The van der Waals surface area contributed by atoms with Gasteiger partial charge in [0, 0.05) is 12.0 Å². The van der Waals surface area contributed by atoms with Gasteiger partial charge in [0.05, 0.1) is 3.57 Å². The maximum absolute atomic E-state index is 9.66. The summed E-state index contributed by atoms with van der Waals surface area (Å²) in [6.45, 7) is 6.37. The summed E-state index contributed by atoms with van der Waals surface area (Å²) in [5, 5.41) is 13.6. The van der Waals surface area contributed by atoms with Gasteiger partial charge in [0.1, 0.15) is 5.75 Å². The second-order valence-electron chi connectivity index (χ2n) is 5.42. The molecule has 0 saturated carbocycles. The molecule has 0 fully saturated rings. The molecule has 0 radical (unpaired) electrons. The average Bonchev–Trinajstić information content (AvgIpc) is 2.68. The van der Waals surface area contributed by atoms with Crippen molar-refractivity contribution in [3.05, 3.63) is 27.6 Å². The van der Waals surface area contributed by atoms with Crippen molar-refractivity contribution in [1.29, 1.82) is 0 Å². The number of halogens is 1. The first-order chi connectivity index (χ1) is 8.35. The van der Waals surface area contributed by atoms with E-state index in [0.29, 0.717) is 11.7 Å². The van der Waals surface area contributed by atoms with Crippen LogP contribution in [0.25, 0.3) is 11.5 Å². The third-order valence-electron chi connectivity index (χ3n) is 2.35.